The molecule has 2 aromatic rings. The van der Waals surface area contributed by atoms with Crippen molar-refractivity contribution in [2.45, 2.75) is 19.8 Å². The minimum Gasteiger partial charge on any atom is -0.322 e. The summed E-state index contributed by atoms with van der Waals surface area (Å²) in [7, 11) is 0. The van der Waals surface area contributed by atoms with Crippen molar-refractivity contribution >= 4 is 17.4 Å². The van der Waals surface area contributed by atoms with E-state index in [1.165, 1.54) is 12.3 Å². The van der Waals surface area contributed by atoms with Gasteiger partial charge in [-0.05, 0) is 29.7 Å². The summed E-state index contributed by atoms with van der Waals surface area (Å²) in [4.78, 5) is 15.8. The van der Waals surface area contributed by atoms with Crippen molar-refractivity contribution in [2.24, 2.45) is 5.84 Å². The van der Waals surface area contributed by atoms with Crippen LogP contribution in [0.25, 0.3) is 0 Å². The normalized spacial score (nSPS) is 10.5. The Morgan fingerprint density at radius 3 is 2.48 bits per heavy atom. The van der Waals surface area contributed by atoms with Crippen LogP contribution in [0.3, 0.4) is 0 Å². The van der Waals surface area contributed by atoms with Crippen molar-refractivity contribution in [2.75, 3.05) is 10.7 Å². The number of anilines is 2. The minimum atomic E-state index is -0.781. The van der Waals surface area contributed by atoms with Gasteiger partial charge in [0, 0.05) is 11.9 Å². The molecule has 0 saturated carbocycles. The summed E-state index contributed by atoms with van der Waals surface area (Å²) in [6.45, 7) is 4.17. The molecule has 0 fully saturated rings. The lowest BCUT2D eigenvalue weighted by Crippen LogP contribution is -2.17. The van der Waals surface area contributed by atoms with E-state index >= 15 is 0 Å². The standard InChI is InChI=1S/C15H17FN4O/c1-9(2)10-3-5-11(6-4-10)19-15(21)12-7-8-18-14(20-17)13(12)16/h3-9H,17H2,1-2H3,(H,18,20)(H,19,21). The molecule has 110 valence electrons. The van der Waals surface area contributed by atoms with Crippen LogP contribution in [0.4, 0.5) is 15.9 Å². The fraction of sp³-hybridized carbons (Fsp3) is 0.200. The van der Waals surface area contributed by atoms with E-state index in [1.54, 1.807) is 12.1 Å². The first-order chi connectivity index (χ1) is 10.0. The quantitative estimate of drug-likeness (QED) is 0.597. The molecule has 0 bridgehead atoms. The number of benzene rings is 1. The average Bonchev–Trinajstić information content (AvgIpc) is 2.48. The van der Waals surface area contributed by atoms with Crippen LogP contribution in [0.1, 0.15) is 35.7 Å². The van der Waals surface area contributed by atoms with Gasteiger partial charge in [-0.2, -0.15) is 0 Å². The molecule has 5 nitrogen and oxygen atoms in total. The summed E-state index contributed by atoms with van der Waals surface area (Å²) < 4.78 is 13.9. The first-order valence-electron chi connectivity index (χ1n) is 6.55. The predicted molar refractivity (Wildman–Crippen MR) is 80.5 cm³/mol. The number of aromatic nitrogens is 1. The molecule has 0 radical (unpaired) electrons. The highest BCUT2D eigenvalue weighted by Gasteiger charge is 2.15. The summed E-state index contributed by atoms with van der Waals surface area (Å²) in [5.41, 5.74) is 3.75. The number of hydrogen-bond acceptors (Lipinski definition) is 4. The smallest absolute Gasteiger partial charge is 0.258 e. The molecular formula is C15H17FN4O. The Morgan fingerprint density at radius 2 is 1.90 bits per heavy atom. The van der Waals surface area contributed by atoms with Gasteiger partial charge in [0.1, 0.15) is 0 Å². The Morgan fingerprint density at radius 1 is 1.24 bits per heavy atom. The molecule has 0 aliphatic rings. The van der Waals surface area contributed by atoms with Crippen LogP contribution in [0.5, 0.6) is 0 Å². The molecule has 0 saturated heterocycles. The fourth-order valence-corrected chi connectivity index (χ4v) is 1.87. The number of nitrogen functional groups attached to an aromatic ring is 1. The van der Waals surface area contributed by atoms with Gasteiger partial charge in [0.2, 0.25) is 0 Å². The number of hydrogen-bond donors (Lipinski definition) is 3. The molecule has 1 heterocycles. The van der Waals surface area contributed by atoms with Gasteiger partial charge >= 0.3 is 0 Å². The van der Waals surface area contributed by atoms with E-state index in [0.29, 0.717) is 11.6 Å². The van der Waals surface area contributed by atoms with Crippen molar-refractivity contribution in [3.8, 4) is 0 Å². The maximum absolute atomic E-state index is 13.9. The van der Waals surface area contributed by atoms with Crippen LogP contribution >= 0.6 is 0 Å². The highest BCUT2D eigenvalue weighted by Crippen LogP contribution is 2.19. The van der Waals surface area contributed by atoms with Gasteiger partial charge in [0.05, 0.1) is 5.56 Å². The number of halogens is 1. The molecule has 0 unspecified atom stereocenters. The molecule has 0 atom stereocenters. The van der Waals surface area contributed by atoms with Crippen molar-refractivity contribution in [3.63, 3.8) is 0 Å². The van der Waals surface area contributed by atoms with E-state index in [4.69, 9.17) is 5.84 Å². The van der Waals surface area contributed by atoms with Gasteiger partial charge in [-0.25, -0.2) is 15.2 Å². The van der Waals surface area contributed by atoms with Crippen LogP contribution in [0, 0.1) is 5.82 Å². The van der Waals surface area contributed by atoms with Gasteiger partial charge in [-0.1, -0.05) is 26.0 Å². The van der Waals surface area contributed by atoms with Gasteiger partial charge in [-0.3, -0.25) is 4.79 Å². The summed E-state index contributed by atoms with van der Waals surface area (Å²) in [5.74, 6) is 4.04. The van der Waals surface area contributed by atoms with E-state index < -0.39 is 11.7 Å². The molecule has 1 amide bonds. The summed E-state index contributed by atoms with van der Waals surface area (Å²) >= 11 is 0. The SMILES string of the molecule is CC(C)c1ccc(NC(=O)c2ccnc(NN)c2F)cc1. The number of hydrazine groups is 1. The predicted octanol–water partition coefficient (Wildman–Crippen LogP) is 2.88. The van der Waals surface area contributed by atoms with E-state index in [9.17, 15) is 9.18 Å². The largest absolute Gasteiger partial charge is 0.322 e. The lowest BCUT2D eigenvalue weighted by Gasteiger charge is -2.10. The average molecular weight is 288 g/mol. The second-order valence-corrected chi connectivity index (χ2v) is 4.90. The number of amides is 1. The number of carbonyl (C=O) groups is 1. The van der Waals surface area contributed by atoms with Crippen LogP contribution in [0.15, 0.2) is 36.5 Å². The number of carbonyl (C=O) groups excluding carboxylic acids is 1. The third-order valence-corrected chi connectivity index (χ3v) is 3.11. The van der Waals surface area contributed by atoms with Crippen LogP contribution < -0.4 is 16.6 Å². The highest BCUT2D eigenvalue weighted by molar-refractivity contribution is 6.04. The number of nitrogens with two attached hydrogens (primary N) is 1. The fourth-order valence-electron chi connectivity index (χ4n) is 1.87. The number of nitrogens with one attached hydrogen (secondary N) is 2. The van der Waals surface area contributed by atoms with E-state index in [2.05, 4.69) is 29.6 Å². The molecular weight excluding hydrogens is 271 g/mol. The zero-order chi connectivity index (χ0) is 15.4. The maximum Gasteiger partial charge on any atom is 0.258 e. The van der Waals surface area contributed by atoms with E-state index in [1.807, 2.05) is 12.1 Å². The number of rotatable bonds is 4. The molecule has 1 aromatic heterocycles. The third kappa shape index (κ3) is 3.35. The van der Waals surface area contributed by atoms with Gasteiger partial charge in [0.15, 0.2) is 11.6 Å². The van der Waals surface area contributed by atoms with Gasteiger partial charge in [-0.15, -0.1) is 0 Å². The molecule has 21 heavy (non-hydrogen) atoms. The molecule has 6 heteroatoms. The first-order valence-corrected chi connectivity index (χ1v) is 6.55. The molecule has 0 spiro atoms. The maximum atomic E-state index is 13.9. The zero-order valence-corrected chi connectivity index (χ0v) is 11.9. The summed E-state index contributed by atoms with van der Waals surface area (Å²) in [5, 5.41) is 2.64. The van der Waals surface area contributed by atoms with Gasteiger partial charge in [0.25, 0.3) is 5.91 Å². The van der Waals surface area contributed by atoms with Gasteiger partial charge < -0.3 is 10.7 Å². The number of pyridine rings is 1. The summed E-state index contributed by atoms with van der Waals surface area (Å²) in [6, 6.07) is 8.73. The lowest BCUT2D eigenvalue weighted by atomic mass is 10.0. The topological polar surface area (TPSA) is 80.0 Å². The van der Waals surface area contributed by atoms with Crippen LogP contribution in [-0.4, -0.2) is 10.9 Å². The Labute approximate surface area is 122 Å². The van der Waals surface area contributed by atoms with Crippen LogP contribution in [0.2, 0.25) is 0 Å². The third-order valence-electron chi connectivity index (χ3n) is 3.11. The molecule has 1 aromatic carbocycles. The first kappa shape index (κ1) is 14.9. The van der Waals surface area contributed by atoms with E-state index in [-0.39, 0.29) is 11.4 Å². The van der Waals surface area contributed by atoms with E-state index in [0.717, 1.165) is 5.56 Å². The second kappa shape index (κ2) is 6.32. The Hall–Kier alpha value is -2.47. The summed E-state index contributed by atoms with van der Waals surface area (Å²) in [6.07, 6.45) is 1.31. The molecule has 4 N–H and O–H groups in total. The number of nitrogens with zero attached hydrogens (tertiary/aromatic N) is 1. The van der Waals surface area contributed by atoms with Crippen LogP contribution in [-0.2, 0) is 0 Å². The molecule has 2 rings (SSSR count). The van der Waals surface area contributed by atoms with Crippen molar-refractivity contribution in [1.82, 2.24) is 4.98 Å². The monoisotopic (exact) mass is 288 g/mol. The molecule has 0 aliphatic carbocycles. The highest BCUT2D eigenvalue weighted by atomic mass is 19.1. The van der Waals surface area contributed by atoms with Crippen molar-refractivity contribution in [3.05, 3.63) is 53.5 Å². The minimum absolute atomic E-state index is 0.120. The lowest BCUT2D eigenvalue weighted by molar-refractivity contribution is 0.102. The van der Waals surface area contributed by atoms with Crippen molar-refractivity contribution < 1.29 is 9.18 Å². The Bertz CT molecular complexity index is 641. The Balaban J connectivity index is 2.18. The zero-order valence-electron chi connectivity index (χ0n) is 11.9. The molecule has 0 aliphatic heterocycles. The Kier molecular flexibility index (Phi) is 4.49. The van der Waals surface area contributed by atoms with Crippen molar-refractivity contribution in [1.29, 1.82) is 0 Å². The second-order valence-electron chi connectivity index (χ2n) is 4.90.